The van der Waals surface area contributed by atoms with E-state index >= 15 is 0 Å². The average molecular weight is 397 g/mol. The van der Waals surface area contributed by atoms with Gasteiger partial charge in [0.15, 0.2) is 0 Å². The first-order chi connectivity index (χ1) is 14.2. The maximum Gasteiger partial charge on any atom is 0.127 e. The van der Waals surface area contributed by atoms with E-state index in [0.717, 1.165) is 41.7 Å². The van der Waals surface area contributed by atoms with Crippen molar-refractivity contribution < 1.29 is 4.39 Å². The molecule has 29 heavy (non-hydrogen) atoms. The molecule has 0 aliphatic heterocycles. The summed E-state index contributed by atoms with van der Waals surface area (Å²) in [5.74, 6) is 10.1. The second-order valence-electron chi connectivity index (χ2n) is 9.71. The Balaban J connectivity index is 1.44. The molecule has 0 heterocycles. The minimum absolute atomic E-state index is 0.0738. The molecule has 2 fully saturated rings. The van der Waals surface area contributed by atoms with Crippen LogP contribution in [0.15, 0.2) is 18.2 Å². The van der Waals surface area contributed by atoms with Crippen LogP contribution in [0.1, 0.15) is 108 Å². The molecule has 1 heteroatoms. The highest BCUT2D eigenvalue weighted by atomic mass is 19.1. The topological polar surface area (TPSA) is 0 Å². The largest absolute Gasteiger partial charge is 0.207 e. The summed E-state index contributed by atoms with van der Waals surface area (Å²) in [6.07, 6.45) is 18.1. The molecule has 2 saturated carbocycles. The zero-order valence-corrected chi connectivity index (χ0v) is 18.8. The lowest BCUT2D eigenvalue weighted by atomic mass is 9.69. The van der Waals surface area contributed by atoms with Gasteiger partial charge in [-0.2, -0.15) is 0 Å². The molecule has 0 spiro atoms. The number of unbranched alkanes of at least 4 members (excludes halogenated alkanes) is 2. The Hall–Kier alpha value is -1.29. The summed E-state index contributed by atoms with van der Waals surface area (Å²) in [4.78, 5) is 0. The maximum absolute atomic E-state index is 14.3. The summed E-state index contributed by atoms with van der Waals surface area (Å²) in [6.45, 7) is 4.51. The average Bonchev–Trinajstić information content (AvgIpc) is 2.75. The lowest BCUT2D eigenvalue weighted by Crippen LogP contribution is -2.25. The van der Waals surface area contributed by atoms with Gasteiger partial charge in [-0.25, -0.2) is 4.39 Å². The van der Waals surface area contributed by atoms with Crippen molar-refractivity contribution in [2.75, 3.05) is 0 Å². The highest BCUT2D eigenvalue weighted by Gasteiger charge is 2.30. The summed E-state index contributed by atoms with van der Waals surface area (Å²) in [6, 6.07) is 5.60. The van der Waals surface area contributed by atoms with Crippen LogP contribution >= 0.6 is 0 Å². The molecule has 1 aromatic rings. The minimum Gasteiger partial charge on any atom is -0.207 e. The lowest BCUT2D eigenvalue weighted by Gasteiger charge is -2.37. The standard InChI is InChI=1S/C28H41F/c1-3-5-6-8-27-20-15-24(21-28(27)29)10-9-23-13-18-26(19-14-23)25-16-11-22(7-4-2)12-17-25/h15,20-23,25-26H,3-8,11-14,16-19H2,1-2H3/t22-,23-,25-,26-. The summed E-state index contributed by atoms with van der Waals surface area (Å²) in [7, 11) is 0. The van der Waals surface area contributed by atoms with Crippen molar-refractivity contribution in [2.24, 2.45) is 23.7 Å². The molecule has 160 valence electrons. The molecule has 0 saturated heterocycles. The van der Waals surface area contributed by atoms with Crippen molar-refractivity contribution in [3.8, 4) is 11.8 Å². The first kappa shape index (κ1) is 22.4. The number of hydrogen-bond donors (Lipinski definition) is 0. The highest BCUT2D eigenvalue weighted by Crippen LogP contribution is 2.42. The zero-order chi connectivity index (χ0) is 20.5. The van der Waals surface area contributed by atoms with Crippen molar-refractivity contribution in [3.63, 3.8) is 0 Å². The van der Waals surface area contributed by atoms with Gasteiger partial charge in [-0.1, -0.05) is 70.3 Å². The Kier molecular flexibility index (Phi) is 9.10. The smallest absolute Gasteiger partial charge is 0.127 e. The maximum atomic E-state index is 14.3. The third kappa shape index (κ3) is 6.87. The third-order valence-electron chi connectivity index (χ3n) is 7.55. The predicted octanol–water partition coefficient (Wildman–Crippen LogP) is 8.32. The Morgan fingerprint density at radius 3 is 2.17 bits per heavy atom. The van der Waals surface area contributed by atoms with E-state index in [1.54, 1.807) is 6.07 Å². The van der Waals surface area contributed by atoms with E-state index in [-0.39, 0.29) is 5.82 Å². The van der Waals surface area contributed by atoms with Crippen LogP contribution in [-0.4, -0.2) is 0 Å². The molecule has 0 nitrogen and oxygen atoms in total. The van der Waals surface area contributed by atoms with Crippen LogP contribution < -0.4 is 0 Å². The number of rotatable bonds is 7. The van der Waals surface area contributed by atoms with Gasteiger partial charge >= 0.3 is 0 Å². The van der Waals surface area contributed by atoms with Crippen LogP contribution in [0.2, 0.25) is 0 Å². The van der Waals surface area contributed by atoms with Crippen molar-refractivity contribution in [1.82, 2.24) is 0 Å². The van der Waals surface area contributed by atoms with Crippen molar-refractivity contribution in [2.45, 2.75) is 104 Å². The quantitative estimate of drug-likeness (QED) is 0.321. The van der Waals surface area contributed by atoms with Crippen LogP contribution in [0.25, 0.3) is 0 Å². The van der Waals surface area contributed by atoms with Crippen LogP contribution in [0.3, 0.4) is 0 Å². The molecule has 2 aliphatic rings. The van der Waals surface area contributed by atoms with E-state index in [1.165, 1.54) is 77.0 Å². The predicted molar refractivity (Wildman–Crippen MR) is 122 cm³/mol. The van der Waals surface area contributed by atoms with E-state index in [1.807, 2.05) is 12.1 Å². The van der Waals surface area contributed by atoms with Gasteiger partial charge in [0.25, 0.3) is 0 Å². The van der Waals surface area contributed by atoms with Gasteiger partial charge in [-0.3, -0.25) is 0 Å². The van der Waals surface area contributed by atoms with Gasteiger partial charge in [0.2, 0.25) is 0 Å². The van der Waals surface area contributed by atoms with Gasteiger partial charge in [0.05, 0.1) is 0 Å². The molecule has 0 atom stereocenters. The Morgan fingerprint density at radius 1 is 0.862 bits per heavy atom. The van der Waals surface area contributed by atoms with Gasteiger partial charge < -0.3 is 0 Å². The molecule has 0 amide bonds. The normalized spacial score (nSPS) is 27.3. The number of hydrogen-bond acceptors (Lipinski definition) is 0. The Morgan fingerprint density at radius 2 is 1.55 bits per heavy atom. The van der Waals surface area contributed by atoms with Crippen LogP contribution in [-0.2, 0) is 6.42 Å². The number of halogens is 1. The van der Waals surface area contributed by atoms with E-state index in [9.17, 15) is 4.39 Å². The van der Waals surface area contributed by atoms with Crippen LogP contribution in [0.5, 0.6) is 0 Å². The summed E-state index contributed by atoms with van der Waals surface area (Å²) >= 11 is 0. The van der Waals surface area contributed by atoms with Crippen molar-refractivity contribution in [1.29, 1.82) is 0 Å². The first-order valence-electron chi connectivity index (χ1n) is 12.5. The Bertz CT molecular complexity index is 663. The molecule has 0 unspecified atom stereocenters. The third-order valence-corrected chi connectivity index (χ3v) is 7.55. The molecule has 2 aliphatic carbocycles. The first-order valence-corrected chi connectivity index (χ1v) is 12.5. The fourth-order valence-corrected chi connectivity index (χ4v) is 5.67. The van der Waals surface area contributed by atoms with E-state index < -0.39 is 0 Å². The molecule has 0 N–H and O–H groups in total. The lowest BCUT2D eigenvalue weighted by molar-refractivity contribution is 0.154. The zero-order valence-electron chi connectivity index (χ0n) is 18.8. The fraction of sp³-hybridized carbons (Fsp3) is 0.714. The second kappa shape index (κ2) is 11.8. The monoisotopic (exact) mass is 396 g/mol. The SMILES string of the molecule is CCCCCc1ccc(C#C[C@H]2CC[C@H]([C@H]3CC[C@H](CCC)CC3)CC2)cc1F. The van der Waals surface area contributed by atoms with E-state index in [2.05, 4.69) is 25.7 Å². The molecule has 3 rings (SSSR count). The summed E-state index contributed by atoms with van der Waals surface area (Å²) in [5.41, 5.74) is 1.69. The molecule has 0 bridgehead atoms. The highest BCUT2D eigenvalue weighted by molar-refractivity contribution is 5.37. The van der Waals surface area contributed by atoms with Crippen molar-refractivity contribution >= 4 is 0 Å². The number of aryl methyl sites for hydroxylation is 1. The van der Waals surface area contributed by atoms with E-state index in [0.29, 0.717) is 5.92 Å². The molecule has 0 radical (unpaired) electrons. The van der Waals surface area contributed by atoms with Gasteiger partial charge in [-0.15, -0.1) is 0 Å². The van der Waals surface area contributed by atoms with Crippen LogP contribution in [0.4, 0.5) is 4.39 Å². The minimum atomic E-state index is -0.0738. The van der Waals surface area contributed by atoms with Gasteiger partial charge in [0.1, 0.15) is 5.82 Å². The Labute approximate surface area is 179 Å². The second-order valence-corrected chi connectivity index (χ2v) is 9.71. The number of benzene rings is 1. The van der Waals surface area contributed by atoms with Gasteiger partial charge in [-0.05, 0) is 86.8 Å². The molecule has 0 aromatic heterocycles. The molecular formula is C28H41F. The van der Waals surface area contributed by atoms with Gasteiger partial charge in [0, 0.05) is 11.5 Å². The van der Waals surface area contributed by atoms with E-state index in [4.69, 9.17) is 0 Å². The van der Waals surface area contributed by atoms with Crippen LogP contribution in [0, 0.1) is 41.3 Å². The summed E-state index contributed by atoms with van der Waals surface area (Å²) < 4.78 is 14.3. The molecule has 1 aromatic carbocycles. The summed E-state index contributed by atoms with van der Waals surface area (Å²) in [5, 5.41) is 0. The fourth-order valence-electron chi connectivity index (χ4n) is 5.67. The molecular weight excluding hydrogens is 355 g/mol. The van der Waals surface area contributed by atoms with Crippen molar-refractivity contribution in [3.05, 3.63) is 35.1 Å².